The number of nitrogens with two attached hydrogens (primary N) is 1. The number of aromatic nitrogens is 1. The number of hydrogen-bond acceptors (Lipinski definition) is 1. The highest BCUT2D eigenvalue weighted by atomic mass is 15.0. The Hall–Kier alpha value is -1.28. The Morgan fingerprint density at radius 2 is 2.06 bits per heavy atom. The standard InChI is InChI=1S/C14H20N2/c1-4-11-6-5-7-12-10(2)13(8-9-15)16(3)14(11)12/h5-7H,4,8-9,15H2,1-3H3. The van der Waals surface area contributed by atoms with Crippen molar-refractivity contribution in [2.45, 2.75) is 26.7 Å². The molecule has 2 heteroatoms. The zero-order valence-electron chi connectivity index (χ0n) is 10.4. The van der Waals surface area contributed by atoms with Crippen molar-refractivity contribution in [3.63, 3.8) is 0 Å². The minimum absolute atomic E-state index is 0.715. The van der Waals surface area contributed by atoms with Gasteiger partial charge in [0.2, 0.25) is 0 Å². The van der Waals surface area contributed by atoms with E-state index in [0.717, 1.165) is 12.8 Å². The van der Waals surface area contributed by atoms with Gasteiger partial charge in [0, 0.05) is 24.5 Å². The molecule has 0 radical (unpaired) electrons. The van der Waals surface area contributed by atoms with Gasteiger partial charge in [-0.3, -0.25) is 0 Å². The van der Waals surface area contributed by atoms with Crippen LogP contribution in [0.4, 0.5) is 0 Å². The van der Waals surface area contributed by atoms with E-state index < -0.39 is 0 Å². The molecule has 0 atom stereocenters. The van der Waals surface area contributed by atoms with Gasteiger partial charge in [0.05, 0.1) is 5.52 Å². The molecule has 1 aromatic heterocycles. The average molecular weight is 216 g/mol. The molecule has 2 aromatic rings. The molecule has 2 nitrogen and oxygen atoms in total. The van der Waals surface area contributed by atoms with Gasteiger partial charge in [0.25, 0.3) is 0 Å². The summed E-state index contributed by atoms with van der Waals surface area (Å²) in [6, 6.07) is 6.58. The Balaban J connectivity index is 2.77. The largest absolute Gasteiger partial charge is 0.347 e. The van der Waals surface area contributed by atoms with Gasteiger partial charge in [-0.1, -0.05) is 25.1 Å². The zero-order chi connectivity index (χ0) is 11.7. The van der Waals surface area contributed by atoms with Crippen molar-refractivity contribution < 1.29 is 0 Å². The molecule has 1 heterocycles. The van der Waals surface area contributed by atoms with E-state index in [1.807, 2.05) is 0 Å². The van der Waals surface area contributed by atoms with Gasteiger partial charge in [0.15, 0.2) is 0 Å². The molecule has 0 fully saturated rings. The van der Waals surface area contributed by atoms with Crippen molar-refractivity contribution in [2.24, 2.45) is 12.8 Å². The summed E-state index contributed by atoms with van der Waals surface area (Å²) in [5, 5.41) is 1.38. The molecular weight excluding hydrogens is 196 g/mol. The van der Waals surface area contributed by atoms with E-state index in [1.165, 1.54) is 27.7 Å². The second-order valence-electron chi connectivity index (χ2n) is 4.34. The Bertz CT molecular complexity index is 509. The van der Waals surface area contributed by atoms with Crippen LogP contribution in [0.5, 0.6) is 0 Å². The molecule has 0 aliphatic carbocycles. The normalized spacial score (nSPS) is 11.2. The highest BCUT2D eigenvalue weighted by Crippen LogP contribution is 2.27. The first-order valence-corrected chi connectivity index (χ1v) is 5.96. The molecule has 16 heavy (non-hydrogen) atoms. The van der Waals surface area contributed by atoms with Crippen LogP contribution in [0.3, 0.4) is 0 Å². The second kappa shape index (κ2) is 4.30. The van der Waals surface area contributed by atoms with Gasteiger partial charge < -0.3 is 10.3 Å². The van der Waals surface area contributed by atoms with Crippen LogP contribution in [-0.2, 0) is 19.9 Å². The van der Waals surface area contributed by atoms with E-state index in [-0.39, 0.29) is 0 Å². The summed E-state index contributed by atoms with van der Waals surface area (Å²) in [6.45, 7) is 5.12. The minimum atomic E-state index is 0.715. The fourth-order valence-corrected chi connectivity index (χ4v) is 2.61. The average Bonchev–Trinajstić information content (AvgIpc) is 2.55. The first-order valence-electron chi connectivity index (χ1n) is 5.96. The number of hydrogen-bond donors (Lipinski definition) is 1. The van der Waals surface area contributed by atoms with Crippen molar-refractivity contribution in [1.82, 2.24) is 4.57 Å². The second-order valence-corrected chi connectivity index (χ2v) is 4.34. The molecule has 0 aliphatic rings. The fraction of sp³-hybridized carbons (Fsp3) is 0.429. The quantitative estimate of drug-likeness (QED) is 0.840. The summed E-state index contributed by atoms with van der Waals surface area (Å²) in [4.78, 5) is 0. The van der Waals surface area contributed by atoms with Gasteiger partial charge >= 0.3 is 0 Å². The molecule has 0 aliphatic heterocycles. The molecule has 0 amide bonds. The van der Waals surface area contributed by atoms with Crippen LogP contribution in [0.25, 0.3) is 10.9 Å². The zero-order valence-corrected chi connectivity index (χ0v) is 10.4. The minimum Gasteiger partial charge on any atom is -0.347 e. The smallest absolute Gasteiger partial charge is 0.0515 e. The van der Waals surface area contributed by atoms with Crippen molar-refractivity contribution in [1.29, 1.82) is 0 Å². The number of rotatable bonds is 3. The number of para-hydroxylation sites is 1. The first-order chi connectivity index (χ1) is 7.70. The van der Waals surface area contributed by atoms with E-state index in [1.54, 1.807) is 0 Å². The van der Waals surface area contributed by atoms with E-state index in [4.69, 9.17) is 5.73 Å². The predicted molar refractivity (Wildman–Crippen MR) is 69.8 cm³/mol. The third-order valence-corrected chi connectivity index (χ3v) is 3.46. The van der Waals surface area contributed by atoms with Gasteiger partial charge in [-0.05, 0) is 31.0 Å². The monoisotopic (exact) mass is 216 g/mol. The summed E-state index contributed by atoms with van der Waals surface area (Å²) in [5.41, 5.74) is 11.2. The maximum atomic E-state index is 5.68. The summed E-state index contributed by atoms with van der Waals surface area (Å²) in [5.74, 6) is 0. The summed E-state index contributed by atoms with van der Waals surface area (Å²) in [7, 11) is 2.15. The third-order valence-electron chi connectivity index (χ3n) is 3.46. The van der Waals surface area contributed by atoms with Crippen molar-refractivity contribution in [3.8, 4) is 0 Å². The van der Waals surface area contributed by atoms with Crippen molar-refractivity contribution in [2.75, 3.05) is 6.54 Å². The highest BCUT2D eigenvalue weighted by Gasteiger charge is 2.12. The molecule has 0 saturated heterocycles. The molecule has 86 valence electrons. The van der Waals surface area contributed by atoms with E-state index in [2.05, 4.69) is 43.7 Å². The van der Waals surface area contributed by atoms with Crippen LogP contribution >= 0.6 is 0 Å². The molecule has 0 spiro atoms. The lowest BCUT2D eigenvalue weighted by atomic mass is 10.1. The Morgan fingerprint density at radius 1 is 1.31 bits per heavy atom. The van der Waals surface area contributed by atoms with Crippen LogP contribution in [0.2, 0.25) is 0 Å². The molecule has 0 bridgehead atoms. The molecule has 2 N–H and O–H groups in total. The Morgan fingerprint density at radius 3 is 2.69 bits per heavy atom. The van der Waals surface area contributed by atoms with Crippen molar-refractivity contribution >= 4 is 10.9 Å². The number of nitrogens with zero attached hydrogens (tertiary/aromatic N) is 1. The van der Waals surface area contributed by atoms with Crippen LogP contribution in [0.1, 0.15) is 23.7 Å². The molecule has 1 aromatic carbocycles. The summed E-state index contributed by atoms with van der Waals surface area (Å²) >= 11 is 0. The number of fused-ring (bicyclic) bond motifs is 1. The van der Waals surface area contributed by atoms with Gasteiger partial charge in [-0.25, -0.2) is 0 Å². The number of aryl methyl sites for hydroxylation is 3. The van der Waals surface area contributed by atoms with Crippen LogP contribution in [-0.4, -0.2) is 11.1 Å². The molecular formula is C14H20N2. The maximum absolute atomic E-state index is 5.68. The molecule has 2 rings (SSSR count). The lowest BCUT2D eigenvalue weighted by Gasteiger charge is -2.06. The summed E-state index contributed by atoms with van der Waals surface area (Å²) in [6.07, 6.45) is 2.04. The van der Waals surface area contributed by atoms with E-state index in [0.29, 0.717) is 6.54 Å². The third kappa shape index (κ3) is 1.54. The lowest BCUT2D eigenvalue weighted by molar-refractivity contribution is 0.816. The Labute approximate surface area is 97.1 Å². The van der Waals surface area contributed by atoms with Crippen LogP contribution in [0.15, 0.2) is 18.2 Å². The van der Waals surface area contributed by atoms with E-state index >= 15 is 0 Å². The summed E-state index contributed by atoms with van der Waals surface area (Å²) < 4.78 is 2.32. The molecule has 0 saturated carbocycles. The van der Waals surface area contributed by atoms with Gasteiger partial charge in [-0.15, -0.1) is 0 Å². The Kier molecular flexibility index (Phi) is 3.01. The topological polar surface area (TPSA) is 30.9 Å². The first kappa shape index (κ1) is 11.2. The molecule has 0 unspecified atom stereocenters. The van der Waals surface area contributed by atoms with Crippen LogP contribution < -0.4 is 5.73 Å². The SMILES string of the molecule is CCc1cccc2c(C)c(CCN)n(C)c12. The fourth-order valence-electron chi connectivity index (χ4n) is 2.61. The highest BCUT2D eigenvalue weighted by molar-refractivity contribution is 5.88. The maximum Gasteiger partial charge on any atom is 0.0515 e. The van der Waals surface area contributed by atoms with E-state index in [9.17, 15) is 0 Å². The number of benzene rings is 1. The van der Waals surface area contributed by atoms with Crippen LogP contribution in [0, 0.1) is 6.92 Å². The van der Waals surface area contributed by atoms with Gasteiger partial charge in [0.1, 0.15) is 0 Å². The van der Waals surface area contributed by atoms with Gasteiger partial charge in [-0.2, -0.15) is 0 Å². The predicted octanol–water partition coefficient (Wildman–Crippen LogP) is 2.55. The lowest BCUT2D eigenvalue weighted by Crippen LogP contribution is -2.07. The van der Waals surface area contributed by atoms with Crippen molar-refractivity contribution in [3.05, 3.63) is 35.0 Å².